The van der Waals surface area contributed by atoms with Gasteiger partial charge in [-0.25, -0.2) is 0 Å². The summed E-state index contributed by atoms with van der Waals surface area (Å²) >= 11 is 0. The van der Waals surface area contributed by atoms with Crippen molar-refractivity contribution in [2.45, 2.75) is 39.7 Å². The number of amides is 1. The van der Waals surface area contributed by atoms with Gasteiger partial charge in [-0.05, 0) is 36.1 Å². The second-order valence-corrected chi connectivity index (χ2v) is 7.62. The first-order valence-electron chi connectivity index (χ1n) is 9.90. The van der Waals surface area contributed by atoms with E-state index in [-0.39, 0.29) is 23.7 Å². The predicted octanol–water partition coefficient (Wildman–Crippen LogP) is 4.77. The third-order valence-electron chi connectivity index (χ3n) is 5.16. The molecule has 0 spiro atoms. The van der Waals surface area contributed by atoms with Crippen LogP contribution in [0, 0.1) is 5.92 Å². The van der Waals surface area contributed by atoms with Gasteiger partial charge in [0.1, 0.15) is 5.75 Å². The molecule has 1 aliphatic rings. The van der Waals surface area contributed by atoms with Gasteiger partial charge < -0.3 is 9.84 Å². The summed E-state index contributed by atoms with van der Waals surface area (Å²) in [5, 5.41) is 10.7. The number of carbonyl (C=O) groups excluding carboxylic acids is 2. The standard InChI is InChI=1S/C24H27NO4/c1-5-16-10-12-17(13-11-16)25-22(18-8-6-7-9-20(18)29-4)21(23(27)24(25)28)19(26)14-15(2)3/h6-13,15,22,27H,5,14H2,1-4H3. The lowest BCUT2D eigenvalue weighted by atomic mass is 9.91. The van der Waals surface area contributed by atoms with Crippen LogP contribution in [-0.2, 0) is 16.0 Å². The number of hydrogen-bond donors (Lipinski definition) is 1. The van der Waals surface area contributed by atoms with E-state index in [0.29, 0.717) is 17.0 Å². The van der Waals surface area contributed by atoms with Crippen molar-refractivity contribution in [1.82, 2.24) is 0 Å². The average molecular weight is 393 g/mol. The topological polar surface area (TPSA) is 66.8 Å². The normalized spacial score (nSPS) is 16.7. The van der Waals surface area contributed by atoms with Crippen LogP contribution in [0.5, 0.6) is 5.75 Å². The molecule has 1 amide bonds. The quantitative estimate of drug-likeness (QED) is 0.736. The van der Waals surface area contributed by atoms with Crippen LogP contribution >= 0.6 is 0 Å². The van der Waals surface area contributed by atoms with Gasteiger partial charge in [0.15, 0.2) is 11.5 Å². The number of anilines is 1. The minimum absolute atomic E-state index is 0.106. The zero-order chi connectivity index (χ0) is 21.1. The van der Waals surface area contributed by atoms with Crippen molar-refractivity contribution in [3.05, 3.63) is 71.0 Å². The molecule has 0 saturated carbocycles. The number of benzene rings is 2. The first-order chi connectivity index (χ1) is 13.9. The van der Waals surface area contributed by atoms with Crippen LogP contribution in [0.1, 0.15) is 44.4 Å². The molecule has 1 N–H and O–H groups in total. The minimum atomic E-state index is -0.739. The zero-order valence-corrected chi connectivity index (χ0v) is 17.3. The average Bonchev–Trinajstić information content (AvgIpc) is 2.98. The Morgan fingerprint density at radius 3 is 2.38 bits per heavy atom. The number of ketones is 1. The van der Waals surface area contributed by atoms with Crippen LogP contribution in [0.25, 0.3) is 0 Å². The van der Waals surface area contributed by atoms with Crippen LogP contribution in [-0.4, -0.2) is 23.9 Å². The van der Waals surface area contributed by atoms with Gasteiger partial charge >= 0.3 is 0 Å². The molecule has 3 rings (SSSR count). The predicted molar refractivity (Wildman–Crippen MR) is 113 cm³/mol. The summed E-state index contributed by atoms with van der Waals surface area (Å²) in [6.07, 6.45) is 1.13. The highest BCUT2D eigenvalue weighted by Crippen LogP contribution is 2.44. The third-order valence-corrected chi connectivity index (χ3v) is 5.16. The number of aliphatic hydroxyl groups is 1. The Hall–Kier alpha value is -3.08. The molecule has 5 heteroatoms. The fourth-order valence-electron chi connectivity index (χ4n) is 3.72. The maximum Gasteiger partial charge on any atom is 0.294 e. The van der Waals surface area contributed by atoms with Crippen LogP contribution < -0.4 is 9.64 Å². The smallest absolute Gasteiger partial charge is 0.294 e. The molecule has 29 heavy (non-hydrogen) atoms. The number of rotatable bonds is 7. The molecule has 2 aromatic rings. The monoisotopic (exact) mass is 393 g/mol. The van der Waals surface area contributed by atoms with Crippen molar-refractivity contribution in [2.24, 2.45) is 5.92 Å². The molecule has 0 bridgehead atoms. The zero-order valence-electron chi connectivity index (χ0n) is 17.3. The maximum absolute atomic E-state index is 13.1. The molecule has 152 valence electrons. The van der Waals surface area contributed by atoms with Gasteiger partial charge in [0.05, 0.1) is 18.7 Å². The lowest BCUT2D eigenvalue weighted by molar-refractivity contribution is -0.118. The summed E-state index contributed by atoms with van der Waals surface area (Å²) in [6, 6.07) is 14.1. The molecule has 1 heterocycles. The molecular weight excluding hydrogens is 366 g/mol. The van der Waals surface area contributed by atoms with Crippen LogP contribution in [0.2, 0.25) is 0 Å². The molecule has 2 aromatic carbocycles. The van der Waals surface area contributed by atoms with Gasteiger partial charge in [-0.3, -0.25) is 14.5 Å². The lowest BCUT2D eigenvalue weighted by Crippen LogP contribution is -2.31. The third kappa shape index (κ3) is 3.90. The van der Waals surface area contributed by atoms with Crippen molar-refractivity contribution in [1.29, 1.82) is 0 Å². The summed E-state index contributed by atoms with van der Waals surface area (Å²) < 4.78 is 5.50. The molecule has 0 radical (unpaired) electrons. The van der Waals surface area contributed by atoms with Crippen LogP contribution in [0.4, 0.5) is 5.69 Å². The van der Waals surface area contributed by atoms with Gasteiger partial charge in [0.25, 0.3) is 5.91 Å². The lowest BCUT2D eigenvalue weighted by Gasteiger charge is -2.28. The fraction of sp³-hybridized carbons (Fsp3) is 0.333. The van der Waals surface area contributed by atoms with Crippen molar-refractivity contribution < 1.29 is 19.4 Å². The van der Waals surface area contributed by atoms with E-state index in [4.69, 9.17) is 4.74 Å². The van der Waals surface area contributed by atoms with Gasteiger partial charge in [0, 0.05) is 17.7 Å². The van der Waals surface area contributed by atoms with E-state index in [1.807, 2.05) is 56.3 Å². The number of carbonyl (C=O) groups is 2. The number of aryl methyl sites for hydroxylation is 1. The van der Waals surface area contributed by atoms with E-state index in [2.05, 4.69) is 6.92 Å². The summed E-state index contributed by atoms with van der Waals surface area (Å²) in [5.74, 6) is -0.614. The van der Waals surface area contributed by atoms with E-state index in [9.17, 15) is 14.7 Å². The molecule has 5 nitrogen and oxygen atoms in total. The van der Waals surface area contributed by atoms with Crippen molar-refractivity contribution in [3.63, 3.8) is 0 Å². The highest BCUT2D eigenvalue weighted by Gasteiger charge is 2.45. The Morgan fingerprint density at radius 2 is 1.79 bits per heavy atom. The number of Topliss-reactive ketones (excluding diaryl/α,β-unsaturated/α-hetero) is 1. The molecule has 1 unspecified atom stereocenters. The van der Waals surface area contributed by atoms with E-state index in [1.165, 1.54) is 4.90 Å². The number of nitrogens with zero attached hydrogens (tertiary/aromatic N) is 1. The summed E-state index contributed by atoms with van der Waals surface area (Å²) in [5.41, 5.74) is 2.57. The van der Waals surface area contributed by atoms with Gasteiger partial charge in [0.2, 0.25) is 0 Å². The summed E-state index contributed by atoms with van der Waals surface area (Å²) in [6.45, 7) is 5.93. The van der Waals surface area contributed by atoms with Crippen LogP contribution in [0.3, 0.4) is 0 Å². The van der Waals surface area contributed by atoms with Gasteiger partial charge in [-0.15, -0.1) is 0 Å². The Labute approximate surface area is 171 Å². The summed E-state index contributed by atoms with van der Waals surface area (Å²) in [7, 11) is 1.55. The summed E-state index contributed by atoms with van der Waals surface area (Å²) in [4.78, 5) is 27.6. The second-order valence-electron chi connectivity index (χ2n) is 7.62. The number of ether oxygens (including phenoxy) is 1. The van der Waals surface area contributed by atoms with E-state index in [0.717, 1.165) is 12.0 Å². The largest absolute Gasteiger partial charge is 0.503 e. The Balaban J connectivity index is 2.17. The number of hydrogen-bond acceptors (Lipinski definition) is 4. The van der Waals surface area contributed by atoms with Gasteiger partial charge in [-0.1, -0.05) is 51.1 Å². The Bertz CT molecular complexity index is 944. The first kappa shape index (κ1) is 20.6. The molecule has 0 aromatic heterocycles. The van der Waals surface area contributed by atoms with Gasteiger partial charge in [-0.2, -0.15) is 0 Å². The number of para-hydroxylation sites is 1. The maximum atomic E-state index is 13.1. The first-order valence-corrected chi connectivity index (χ1v) is 9.90. The van der Waals surface area contributed by atoms with E-state index in [1.54, 1.807) is 13.2 Å². The molecule has 0 saturated heterocycles. The number of aliphatic hydroxyl groups excluding tert-OH is 1. The Morgan fingerprint density at radius 1 is 1.14 bits per heavy atom. The van der Waals surface area contributed by atoms with Crippen molar-refractivity contribution in [2.75, 3.05) is 12.0 Å². The van der Waals surface area contributed by atoms with E-state index >= 15 is 0 Å². The highest BCUT2D eigenvalue weighted by molar-refractivity contribution is 6.16. The Kier molecular flexibility index (Phi) is 6.06. The van der Waals surface area contributed by atoms with Crippen LogP contribution in [0.15, 0.2) is 59.9 Å². The molecule has 1 atom stereocenters. The highest BCUT2D eigenvalue weighted by atomic mass is 16.5. The minimum Gasteiger partial charge on any atom is -0.503 e. The molecule has 0 fully saturated rings. The van der Waals surface area contributed by atoms with E-state index < -0.39 is 17.7 Å². The van der Waals surface area contributed by atoms with Crippen molar-refractivity contribution >= 4 is 17.4 Å². The molecular formula is C24H27NO4. The van der Waals surface area contributed by atoms with Crippen molar-refractivity contribution in [3.8, 4) is 5.75 Å². The SMILES string of the molecule is CCc1ccc(N2C(=O)C(O)=C(C(=O)CC(C)C)C2c2ccccc2OC)cc1. The number of methoxy groups -OCH3 is 1. The fourth-order valence-corrected chi connectivity index (χ4v) is 3.72. The second kappa shape index (κ2) is 8.52. The molecule has 1 aliphatic heterocycles. The molecule has 0 aliphatic carbocycles.